The number of nitrogens with zero attached hydrogens (tertiary/aromatic N) is 1. The first-order valence-electron chi connectivity index (χ1n) is 6.82. The molecule has 0 aliphatic carbocycles. The quantitative estimate of drug-likeness (QED) is 0.832. The number of carbonyl (C=O) groups is 2. The highest BCUT2D eigenvalue weighted by Gasteiger charge is 2.33. The first-order chi connectivity index (χ1) is 9.61. The number of carbonyl (C=O) groups excluding carboxylic acids is 2. The molecule has 5 nitrogen and oxygen atoms in total. The Morgan fingerprint density at radius 2 is 2.15 bits per heavy atom. The third-order valence-corrected chi connectivity index (χ3v) is 3.65. The summed E-state index contributed by atoms with van der Waals surface area (Å²) in [4.78, 5) is 25.3. The van der Waals surface area contributed by atoms with Crippen LogP contribution in [0.3, 0.4) is 0 Å². The van der Waals surface area contributed by atoms with E-state index in [1.165, 1.54) is 0 Å². The van der Waals surface area contributed by atoms with Crippen LogP contribution in [0.5, 0.6) is 0 Å². The molecule has 1 aliphatic heterocycles. The Labute approximate surface area is 118 Å². The summed E-state index contributed by atoms with van der Waals surface area (Å²) in [5, 5.41) is 12.1. The molecule has 2 atom stereocenters. The van der Waals surface area contributed by atoms with Crippen LogP contribution in [0.4, 0.5) is 0 Å². The summed E-state index contributed by atoms with van der Waals surface area (Å²) in [6.07, 6.45) is 0.731. The second kappa shape index (κ2) is 6.52. The van der Waals surface area contributed by atoms with Crippen LogP contribution in [-0.2, 0) is 9.59 Å². The third-order valence-electron chi connectivity index (χ3n) is 3.65. The fourth-order valence-corrected chi connectivity index (χ4v) is 2.47. The molecule has 2 unspecified atom stereocenters. The summed E-state index contributed by atoms with van der Waals surface area (Å²) in [6.45, 7) is 0.467. The molecule has 0 bridgehead atoms. The van der Waals surface area contributed by atoms with Crippen molar-refractivity contribution in [3.63, 3.8) is 0 Å². The van der Waals surface area contributed by atoms with E-state index in [-0.39, 0.29) is 36.8 Å². The normalized spacial score (nSPS) is 20.0. The van der Waals surface area contributed by atoms with Crippen molar-refractivity contribution in [1.29, 1.82) is 0 Å². The van der Waals surface area contributed by atoms with E-state index in [0.717, 1.165) is 5.56 Å². The van der Waals surface area contributed by atoms with E-state index in [1.54, 1.807) is 11.9 Å². The van der Waals surface area contributed by atoms with Crippen molar-refractivity contribution in [1.82, 2.24) is 10.2 Å². The Balaban J connectivity index is 2.02. The molecule has 0 spiro atoms. The zero-order valence-corrected chi connectivity index (χ0v) is 11.6. The largest absolute Gasteiger partial charge is 0.396 e. The lowest BCUT2D eigenvalue weighted by molar-refractivity contribution is -0.128. The molecule has 1 fully saturated rings. The van der Waals surface area contributed by atoms with Crippen LogP contribution in [0, 0.1) is 5.92 Å². The lowest BCUT2D eigenvalue weighted by Gasteiger charge is -2.20. The summed E-state index contributed by atoms with van der Waals surface area (Å²) in [5.41, 5.74) is 0.965. The van der Waals surface area contributed by atoms with Gasteiger partial charge in [0.2, 0.25) is 11.8 Å². The summed E-state index contributed by atoms with van der Waals surface area (Å²) >= 11 is 0. The average molecular weight is 276 g/mol. The molecular formula is C15H20N2O3. The molecule has 1 heterocycles. The van der Waals surface area contributed by atoms with Gasteiger partial charge in [-0.25, -0.2) is 0 Å². The van der Waals surface area contributed by atoms with Gasteiger partial charge in [0.15, 0.2) is 0 Å². The van der Waals surface area contributed by atoms with Gasteiger partial charge in [0.25, 0.3) is 0 Å². The van der Waals surface area contributed by atoms with E-state index in [9.17, 15) is 9.59 Å². The minimum atomic E-state index is -0.294. The molecule has 1 aromatic rings. The van der Waals surface area contributed by atoms with Gasteiger partial charge in [0.05, 0.1) is 12.0 Å². The number of rotatable bonds is 5. The van der Waals surface area contributed by atoms with Crippen molar-refractivity contribution in [2.24, 2.45) is 5.92 Å². The summed E-state index contributed by atoms with van der Waals surface area (Å²) in [5.74, 6) is -0.411. The average Bonchev–Trinajstić information content (AvgIpc) is 2.79. The molecule has 2 N–H and O–H groups in total. The molecule has 1 aromatic carbocycles. The van der Waals surface area contributed by atoms with Crippen LogP contribution >= 0.6 is 0 Å². The number of hydrogen-bond donors (Lipinski definition) is 2. The van der Waals surface area contributed by atoms with Crippen molar-refractivity contribution < 1.29 is 14.7 Å². The van der Waals surface area contributed by atoms with Gasteiger partial charge in [0.1, 0.15) is 0 Å². The topological polar surface area (TPSA) is 69.6 Å². The lowest BCUT2D eigenvalue weighted by Crippen LogP contribution is -2.35. The first-order valence-corrected chi connectivity index (χ1v) is 6.82. The van der Waals surface area contributed by atoms with Crippen molar-refractivity contribution in [3.05, 3.63) is 35.9 Å². The van der Waals surface area contributed by atoms with Crippen molar-refractivity contribution in [2.45, 2.75) is 18.9 Å². The lowest BCUT2D eigenvalue weighted by atomic mass is 10.0. The monoisotopic (exact) mass is 276 g/mol. The second-order valence-electron chi connectivity index (χ2n) is 5.16. The van der Waals surface area contributed by atoms with Crippen LogP contribution < -0.4 is 5.32 Å². The van der Waals surface area contributed by atoms with Gasteiger partial charge in [-0.15, -0.1) is 0 Å². The molecule has 1 saturated heterocycles. The highest BCUT2D eigenvalue weighted by atomic mass is 16.3. The molecular weight excluding hydrogens is 256 g/mol. The van der Waals surface area contributed by atoms with E-state index in [4.69, 9.17) is 5.11 Å². The molecule has 0 radical (unpaired) electrons. The Morgan fingerprint density at radius 3 is 2.70 bits per heavy atom. The number of aliphatic hydroxyl groups is 1. The zero-order valence-electron chi connectivity index (χ0n) is 11.6. The Kier molecular flexibility index (Phi) is 4.74. The predicted molar refractivity (Wildman–Crippen MR) is 74.8 cm³/mol. The van der Waals surface area contributed by atoms with Crippen molar-refractivity contribution >= 4 is 11.8 Å². The number of nitrogens with one attached hydrogen (secondary N) is 1. The molecule has 1 aliphatic rings. The van der Waals surface area contributed by atoms with Gasteiger partial charge in [-0.05, 0) is 12.0 Å². The highest BCUT2D eigenvalue weighted by Crippen LogP contribution is 2.20. The summed E-state index contributed by atoms with van der Waals surface area (Å²) < 4.78 is 0. The smallest absolute Gasteiger partial charge is 0.225 e. The maximum absolute atomic E-state index is 12.2. The molecule has 0 saturated carbocycles. The molecule has 0 aromatic heterocycles. The first kappa shape index (κ1) is 14.5. The second-order valence-corrected chi connectivity index (χ2v) is 5.16. The Bertz CT molecular complexity index is 475. The van der Waals surface area contributed by atoms with E-state index < -0.39 is 0 Å². The maximum atomic E-state index is 12.2. The van der Waals surface area contributed by atoms with Gasteiger partial charge in [-0.3, -0.25) is 9.59 Å². The molecule has 5 heteroatoms. The Hall–Kier alpha value is -1.88. The van der Waals surface area contributed by atoms with Crippen LogP contribution in [-0.4, -0.2) is 42.0 Å². The molecule has 2 amide bonds. The standard InChI is InChI=1S/C15H20N2O3/c1-17-10-12(9-14(17)19)15(20)16-13(7-8-18)11-5-3-2-4-6-11/h2-6,12-13,18H,7-10H2,1H3,(H,16,20). The van der Waals surface area contributed by atoms with Gasteiger partial charge in [0, 0.05) is 26.6 Å². The van der Waals surface area contributed by atoms with Crippen LogP contribution in [0.25, 0.3) is 0 Å². The number of hydrogen-bond acceptors (Lipinski definition) is 3. The summed E-state index contributed by atoms with van der Waals surface area (Å²) in [7, 11) is 1.71. The van der Waals surface area contributed by atoms with Crippen molar-refractivity contribution in [3.8, 4) is 0 Å². The van der Waals surface area contributed by atoms with E-state index in [2.05, 4.69) is 5.32 Å². The van der Waals surface area contributed by atoms with Gasteiger partial charge in [-0.1, -0.05) is 30.3 Å². The van der Waals surface area contributed by atoms with E-state index in [0.29, 0.717) is 13.0 Å². The van der Waals surface area contributed by atoms with Crippen LogP contribution in [0.15, 0.2) is 30.3 Å². The van der Waals surface area contributed by atoms with Crippen molar-refractivity contribution in [2.75, 3.05) is 20.2 Å². The highest BCUT2D eigenvalue weighted by molar-refractivity contribution is 5.89. The molecule has 2 rings (SSSR count). The fraction of sp³-hybridized carbons (Fsp3) is 0.467. The van der Waals surface area contributed by atoms with Crippen LogP contribution in [0.2, 0.25) is 0 Å². The van der Waals surface area contributed by atoms with Gasteiger partial charge >= 0.3 is 0 Å². The predicted octanol–water partition coefficient (Wildman–Crippen LogP) is 0.705. The summed E-state index contributed by atoms with van der Waals surface area (Å²) in [6, 6.07) is 9.34. The minimum Gasteiger partial charge on any atom is -0.396 e. The zero-order chi connectivity index (χ0) is 14.5. The Morgan fingerprint density at radius 1 is 1.45 bits per heavy atom. The maximum Gasteiger partial charge on any atom is 0.225 e. The van der Waals surface area contributed by atoms with Gasteiger partial charge < -0.3 is 15.3 Å². The minimum absolute atomic E-state index is 0.00330. The number of benzene rings is 1. The fourth-order valence-electron chi connectivity index (χ4n) is 2.47. The molecule has 20 heavy (non-hydrogen) atoms. The molecule has 108 valence electrons. The van der Waals surface area contributed by atoms with Crippen LogP contribution in [0.1, 0.15) is 24.4 Å². The SMILES string of the molecule is CN1CC(C(=O)NC(CCO)c2ccccc2)CC1=O. The number of likely N-dealkylation sites (tertiary alicyclic amines) is 1. The van der Waals surface area contributed by atoms with E-state index >= 15 is 0 Å². The number of amides is 2. The van der Waals surface area contributed by atoms with E-state index in [1.807, 2.05) is 30.3 Å². The number of aliphatic hydroxyl groups excluding tert-OH is 1. The third kappa shape index (κ3) is 3.36. The van der Waals surface area contributed by atoms with Gasteiger partial charge in [-0.2, -0.15) is 0 Å².